The first-order valence-corrected chi connectivity index (χ1v) is 3.10. The SMILES string of the molecule is CC[N]C1CCC1. The van der Waals surface area contributed by atoms with E-state index in [1.165, 1.54) is 19.3 Å². The molecule has 1 aliphatic rings. The summed E-state index contributed by atoms with van der Waals surface area (Å²) in [7, 11) is 0. The maximum atomic E-state index is 4.33. The van der Waals surface area contributed by atoms with E-state index in [1.54, 1.807) is 0 Å². The van der Waals surface area contributed by atoms with Crippen molar-refractivity contribution in [1.82, 2.24) is 5.32 Å². The van der Waals surface area contributed by atoms with Crippen LogP contribution in [-0.4, -0.2) is 12.6 Å². The van der Waals surface area contributed by atoms with Crippen LogP contribution in [0.3, 0.4) is 0 Å². The minimum atomic E-state index is 0.755. The van der Waals surface area contributed by atoms with Gasteiger partial charge >= 0.3 is 0 Å². The Hall–Kier alpha value is -0.0400. The predicted molar refractivity (Wildman–Crippen MR) is 30.3 cm³/mol. The van der Waals surface area contributed by atoms with E-state index in [1.807, 2.05) is 0 Å². The van der Waals surface area contributed by atoms with Gasteiger partial charge in [-0.3, -0.25) is 0 Å². The third kappa shape index (κ3) is 1.16. The number of nitrogens with zero attached hydrogens (tertiary/aromatic N) is 1. The fraction of sp³-hybridized carbons (Fsp3) is 1.00. The molecule has 0 bridgehead atoms. The van der Waals surface area contributed by atoms with Crippen molar-refractivity contribution in [2.24, 2.45) is 0 Å². The maximum Gasteiger partial charge on any atom is 0.0245 e. The zero-order valence-electron chi connectivity index (χ0n) is 4.85. The molecule has 0 aromatic carbocycles. The van der Waals surface area contributed by atoms with Gasteiger partial charge < -0.3 is 0 Å². The first-order chi connectivity index (χ1) is 3.43. The third-order valence-electron chi connectivity index (χ3n) is 1.52. The number of hydrogen-bond donors (Lipinski definition) is 0. The molecule has 1 radical (unpaired) electrons. The fourth-order valence-electron chi connectivity index (χ4n) is 0.827. The van der Waals surface area contributed by atoms with Crippen LogP contribution in [0.4, 0.5) is 0 Å². The van der Waals surface area contributed by atoms with Crippen LogP contribution in [-0.2, 0) is 0 Å². The molecule has 0 N–H and O–H groups in total. The van der Waals surface area contributed by atoms with Crippen molar-refractivity contribution in [3.8, 4) is 0 Å². The quantitative estimate of drug-likeness (QED) is 0.492. The molecule has 0 saturated heterocycles. The van der Waals surface area contributed by atoms with Gasteiger partial charge in [-0.2, -0.15) is 0 Å². The summed E-state index contributed by atoms with van der Waals surface area (Å²) in [6.07, 6.45) is 4.12. The lowest BCUT2D eigenvalue weighted by Gasteiger charge is -2.23. The molecule has 0 amide bonds. The third-order valence-corrected chi connectivity index (χ3v) is 1.52. The van der Waals surface area contributed by atoms with Crippen molar-refractivity contribution < 1.29 is 0 Å². The maximum absolute atomic E-state index is 4.33. The average molecular weight is 98.2 g/mol. The van der Waals surface area contributed by atoms with Crippen molar-refractivity contribution >= 4 is 0 Å². The zero-order valence-corrected chi connectivity index (χ0v) is 4.85. The minimum absolute atomic E-state index is 0.755. The molecule has 0 aromatic heterocycles. The molecule has 0 spiro atoms. The van der Waals surface area contributed by atoms with Crippen molar-refractivity contribution in [3.05, 3.63) is 0 Å². The summed E-state index contributed by atoms with van der Waals surface area (Å²) >= 11 is 0. The monoisotopic (exact) mass is 98.1 g/mol. The molecule has 1 nitrogen and oxygen atoms in total. The van der Waals surface area contributed by atoms with Crippen LogP contribution < -0.4 is 5.32 Å². The average Bonchev–Trinajstić information content (AvgIpc) is 1.55. The highest BCUT2D eigenvalue weighted by atomic mass is 14.9. The van der Waals surface area contributed by atoms with Gasteiger partial charge in [0.2, 0.25) is 0 Å². The highest BCUT2D eigenvalue weighted by Crippen LogP contribution is 2.18. The van der Waals surface area contributed by atoms with Crippen molar-refractivity contribution in [2.75, 3.05) is 6.54 Å². The smallest absolute Gasteiger partial charge is 0.0245 e. The van der Waals surface area contributed by atoms with Gasteiger partial charge in [-0.05, 0) is 12.8 Å². The summed E-state index contributed by atoms with van der Waals surface area (Å²) in [6.45, 7) is 3.13. The van der Waals surface area contributed by atoms with Gasteiger partial charge in [0.15, 0.2) is 0 Å². The van der Waals surface area contributed by atoms with Crippen LogP contribution in [0.1, 0.15) is 26.2 Å². The lowest BCUT2D eigenvalue weighted by atomic mass is 9.93. The Kier molecular flexibility index (Phi) is 1.69. The summed E-state index contributed by atoms with van der Waals surface area (Å²) in [6, 6.07) is 0.755. The first-order valence-electron chi connectivity index (χ1n) is 3.10. The Balaban J connectivity index is 1.93. The topological polar surface area (TPSA) is 14.1 Å². The second-order valence-corrected chi connectivity index (χ2v) is 2.08. The van der Waals surface area contributed by atoms with E-state index in [0.29, 0.717) is 0 Å². The Morgan fingerprint density at radius 3 is 2.43 bits per heavy atom. The van der Waals surface area contributed by atoms with Crippen LogP contribution in [0.25, 0.3) is 0 Å². The molecule has 1 fully saturated rings. The predicted octanol–water partition coefficient (Wildman–Crippen LogP) is 1.16. The second-order valence-electron chi connectivity index (χ2n) is 2.08. The van der Waals surface area contributed by atoms with Crippen molar-refractivity contribution in [3.63, 3.8) is 0 Å². The molecule has 0 heterocycles. The van der Waals surface area contributed by atoms with Crippen LogP contribution in [0.15, 0.2) is 0 Å². The molecular formula is C6H12N. The van der Waals surface area contributed by atoms with Crippen LogP contribution in [0.2, 0.25) is 0 Å². The normalized spacial score (nSPS) is 21.9. The summed E-state index contributed by atoms with van der Waals surface area (Å²) in [4.78, 5) is 0. The molecule has 0 unspecified atom stereocenters. The van der Waals surface area contributed by atoms with Crippen LogP contribution >= 0.6 is 0 Å². The first kappa shape index (κ1) is 5.10. The zero-order chi connectivity index (χ0) is 5.11. The van der Waals surface area contributed by atoms with Crippen molar-refractivity contribution in [2.45, 2.75) is 32.2 Å². The van der Waals surface area contributed by atoms with Gasteiger partial charge in [-0.1, -0.05) is 13.3 Å². The molecule has 1 rings (SSSR count). The standard InChI is InChI=1S/C6H12N/c1-2-7-6-4-3-5-6/h6H,2-5H2,1H3. The van der Waals surface area contributed by atoms with Gasteiger partial charge in [0.05, 0.1) is 0 Å². The molecule has 1 aliphatic carbocycles. The largest absolute Gasteiger partial charge is 0.239 e. The van der Waals surface area contributed by atoms with E-state index < -0.39 is 0 Å². The van der Waals surface area contributed by atoms with Crippen molar-refractivity contribution in [1.29, 1.82) is 0 Å². The molecular weight excluding hydrogens is 86.1 g/mol. The molecule has 0 atom stereocenters. The minimum Gasteiger partial charge on any atom is -0.239 e. The van der Waals surface area contributed by atoms with Crippen LogP contribution in [0, 0.1) is 0 Å². The Morgan fingerprint density at radius 2 is 2.29 bits per heavy atom. The van der Waals surface area contributed by atoms with E-state index in [2.05, 4.69) is 12.2 Å². The van der Waals surface area contributed by atoms with Gasteiger partial charge in [-0.15, -0.1) is 0 Å². The van der Waals surface area contributed by atoms with Gasteiger partial charge in [0.1, 0.15) is 0 Å². The molecule has 1 heteroatoms. The summed E-state index contributed by atoms with van der Waals surface area (Å²) < 4.78 is 0. The molecule has 1 saturated carbocycles. The van der Waals surface area contributed by atoms with E-state index in [-0.39, 0.29) is 0 Å². The van der Waals surface area contributed by atoms with E-state index >= 15 is 0 Å². The molecule has 0 aromatic rings. The summed E-state index contributed by atoms with van der Waals surface area (Å²) in [5, 5.41) is 4.33. The van der Waals surface area contributed by atoms with E-state index in [4.69, 9.17) is 0 Å². The van der Waals surface area contributed by atoms with E-state index in [9.17, 15) is 0 Å². The Bertz CT molecular complexity index is 48.1. The number of hydrogen-bond acceptors (Lipinski definition) is 0. The molecule has 7 heavy (non-hydrogen) atoms. The lowest BCUT2D eigenvalue weighted by Crippen LogP contribution is -2.28. The Morgan fingerprint density at radius 1 is 1.57 bits per heavy atom. The molecule has 0 aliphatic heterocycles. The summed E-state index contributed by atoms with van der Waals surface area (Å²) in [5.41, 5.74) is 0. The Labute approximate surface area is 45.1 Å². The van der Waals surface area contributed by atoms with Gasteiger partial charge in [0, 0.05) is 12.6 Å². The highest BCUT2D eigenvalue weighted by molar-refractivity contribution is 4.74. The molecule has 41 valence electrons. The summed E-state index contributed by atoms with van der Waals surface area (Å²) in [5.74, 6) is 0. The number of rotatable bonds is 2. The highest BCUT2D eigenvalue weighted by Gasteiger charge is 2.15. The fourth-order valence-corrected chi connectivity index (χ4v) is 0.827. The van der Waals surface area contributed by atoms with E-state index in [0.717, 1.165) is 12.6 Å². The lowest BCUT2D eigenvalue weighted by molar-refractivity contribution is 0.340. The van der Waals surface area contributed by atoms with Crippen LogP contribution in [0.5, 0.6) is 0 Å². The second kappa shape index (κ2) is 2.31. The van der Waals surface area contributed by atoms with Gasteiger partial charge in [0.25, 0.3) is 0 Å². The van der Waals surface area contributed by atoms with Gasteiger partial charge in [-0.25, -0.2) is 5.32 Å².